The Balaban J connectivity index is 1.26. The summed E-state index contributed by atoms with van der Waals surface area (Å²) in [5.74, 6) is 0.844. The van der Waals surface area contributed by atoms with E-state index in [-0.39, 0.29) is 24.1 Å². The number of fused-ring (bicyclic) bond motifs is 1. The van der Waals surface area contributed by atoms with Crippen molar-refractivity contribution in [2.75, 3.05) is 11.9 Å². The van der Waals surface area contributed by atoms with Crippen LogP contribution in [0.1, 0.15) is 85.9 Å². The van der Waals surface area contributed by atoms with E-state index in [9.17, 15) is 15.1 Å². The second-order valence-corrected chi connectivity index (χ2v) is 10.9. The zero-order valence-corrected chi connectivity index (χ0v) is 20.7. The van der Waals surface area contributed by atoms with E-state index in [4.69, 9.17) is 15.1 Å². The fourth-order valence-electron chi connectivity index (χ4n) is 5.24. The molecule has 1 amide bonds. The maximum Gasteiger partial charge on any atom is 0.321 e. The smallest absolute Gasteiger partial charge is 0.321 e. The van der Waals surface area contributed by atoms with Crippen LogP contribution in [0.2, 0.25) is 0 Å². The van der Waals surface area contributed by atoms with Gasteiger partial charge in [-0.15, -0.1) is 0 Å². The van der Waals surface area contributed by atoms with Crippen LogP contribution in [-0.4, -0.2) is 33.0 Å². The Bertz CT molecular complexity index is 1380. The lowest BCUT2D eigenvalue weighted by molar-refractivity contribution is -0.616. The number of hydrogen-bond donors (Lipinski definition) is 2. The molecule has 0 radical (unpaired) electrons. The van der Waals surface area contributed by atoms with Gasteiger partial charge in [0.25, 0.3) is 5.69 Å². The van der Waals surface area contributed by atoms with Crippen LogP contribution in [0.3, 0.4) is 0 Å². The number of hydrogen-bond acceptors (Lipinski definition) is 6. The highest BCUT2D eigenvalue weighted by Gasteiger charge is 2.35. The summed E-state index contributed by atoms with van der Waals surface area (Å²) in [4.78, 5) is 13.2. The molecule has 3 aliphatic carbocycles. The van der Waals surface area contributed by atoms with E-state index in [1.807, 2.05) is 23.0 Å². The fraction of sp³-hybridized carbons (Fsp3) is 0.500. The van der Waals surface area contributed by atoms with Crippen LogP contribution in [-0.2, 0) is 0 Å². The van der Waals surface area contributed by atoms with Crippen LogP contribution in [0.4, 0.5) is 5.69 Å². The van der Waals surface area contributed by atoms with E-state index < -0.39 is 11.5 Å². The third-order valence-corrected chi connectivity index (χ3v) is 7.91. The van der Waals surface area contributed by atoms with Gasteiger partial charge in [0.15, 0.2) is 5.69 Å². The van der Waals surface area contributed by atoms with Gasteiger partial charge in [-0.25, -0.2) is 0 Å². The first-order chi connectivity index (χ1) is 17.9. The first kappa shape index (κ1) is 23.7. The van der Waals surface area contributed by atoms with Crippen molar-refractivity contribution in [3.8, 4) is 11.8 Å². The lowest BCUT2D eigenvalue weighted by Crippen LogP contribution is -2.40. The minimum absolute atomic E-state index is 0.0698. The average molecular weight is 502 g/mol. The molecule has 0 aliphatic heterocycles. The summed E-state index contributed by atoms with van der Waals surface area (Å²) < 4.78 is 8.79. The summed E-state index contributed by atoms with van der Waals surface area (Å²) >= 11 is 0. The molecule has 0 unspecified atom stereocenters. The molecule has 0 saturated heterocycles. The molecular weight excluding hydrogens is 470 g/mol. The monoisotopic (exact) mass is 501 g/mol. The summed E-state index contributed by atoms with van der Waals surface area (Å²) in [5, 5.41) is 41.0. The molecule has 0 atom stereocenters. The number of rotatable bonds is 8. The van der Waals surface area contributed by atoms with Gasteiger partial charge in [-0.2, -0.15) is 15.1 Å². The van der Waals surface area contributed by atoms with Crippen molar-refractivity contribution < 1.29 is 19.4 Å². The Labute approximate surface area is 215 Å². The van der Waals surface area contributed by atoms with Crippen molar-refractivity contribution in [1.82, 2.24) is 9.78 Å². The molecular formula is C28H31N5O4. The molecule has 0 bridgehead atoms. The van der Waals surface area contributed by atoms with Crippen LogP contribution < -0.4 is 14.8 Å². The summed E-state index contributed by atoms with van der Waals surface area (Å²) in [6.07, 6.45) is 8.95. The quantitative estimate of drug-likeness (QED) is 0.349. The van der Waals surface area contributed by atoms with Crippen LogP contribution in [0.25, 0.3) is 10.9 Å². The normalized spacial score (nSPS) is 23.5. The van der Waals surface area contributed by atoms with Crippen molar-refractivity contribution in [1.29, 1.82) is 5.26 Å². The molecule has 2 heterocycles. The second kappa shape index (κ2) is 9.34. The zero-order valence-electron chi connectivity index (χ0n) is 20.7. The molecule has 9 heteroatoms. The molecule has 3 aromatic rings. The summed E-state index contributed by atoms with van der Waals surface area (Å²) in [5.41, 5.74) is 1.08. The van der Waals surface area contributed by atoms with Gasteiger partial charge in [0.2, 0.25) is 0 Å². The van der Waals surface area contributed by atoms with Crippen molar-refractivity contribution in [3.05, 3.63) is 53.1 Å². The van der Waals surface area contributed by atoms with E-state index in [0.29, 0.717) is 42.5 Å². The number of carbonyl (C=O) groups is 1. The first-order valence-corrected chi connectivity index (χ1v) is 13.2. The molecule has 2 aromatic heterocycles. The van der Waals surface area contributed by atoms with Crippen LogP contribution in [0.15, 0.2) is 36.5 Å². The molecule has 1 aromatic carbocycles. The van der Waals surface area contributed by atoms with Crippen LogP contribution >= 0.6 is 0 Å². The lowest BCUT2D eigenvalue weighted by Gasteiger charge is -2.34. The van der Waals surface area contributed by atoms with E-state index >= 15 is 0 Å². The highest BCUT2D eigenvalue weighted by atomic mass is 16.5. The number of ether oxygens (including phenoxy) is 1. The number of nitrogens with one attached hydrogen (secondary N) is 1. The number of carbonyl (C=O) groups excluding carboxylic acids is 1. The number of anilines is 1. The van der Waals surface area contributed by atoms with Gasteiger partial charge in [-0.1, -0.05) is 0 Å². The predicted octanol–water partition coefficient (Wildman–Crippen LogP) is 4.35. The molecule has 3 fully saturated rings. The van der Waals surface area contributed by atoms with Gasteiger partial charge in [-0.05, 0) is 69.4 Å². The maximum absolute atomic E-state index is 13.2. The second-order valence-electron chi connectivity index (χ2n) is 10.9. The number of aliphatic hydroxyl groups is 1. The van der Waals surface area contributed by atoms with Gasteiger partial charge < -0.3 is 20.4 Å². The van der Waals surface area contributed by atoms with E-state index in [1.54, 1.807) is 18.2 Å². The number of nitrogens with zero attached hydrogens (tertiary/aromatic N) is 4. The Kier molecular flexibility index (Phi) is 6.00. The third kappa shape index (κ3) is 4.98. The summed E-state index contributed by atoms with van der Waals surface area (Å²) in [7, 11) is 0. The largest absolute Gasteiger partial charge is 0.618 e. The molecule has 192 valence electrons. The SMILES string of the molecule is N#CCC1(O)CCC(n2cc3cc(NC(=O)c4cccc(C5CC5)[n+]4[O-])c(OCC4CC4)cc3n2)CC1. The number of pyridine rings is 1. The molecule has 2 N–H and O–H groups in total. The minimum atomic E-state index is -0.908. The number of amides is 1. The standard InChI is InChI=1S/C28H31N5O4/c29-13-12-28(35)10-8-21(9-11-28)32-16-20-14-23(26(15-22(20)31-32)37-17-18-4-5-18)30-27(34)25-3-1-2-24(33(25)36)19-6-7-19/h1-3,14-16,18-19,21,35H,4-12,17H2,(H,30,34). The molecule has 37 heavy (non-hydrogen) atoms. The van der Waals surface area contributed by atoms with Crippen molar-refractivity contribution in [2.24, 2.45) is 5.92 Å². The van der Waals surface area contributed by atoms with Gasteiger partial charge in [-0.3, -0.25) is 9.48 Å². The average Bonchev–Trinajstić information content (AvgIpc) is 3.81. The van der Waals surface area contributed by atoms with Crippen LogP contribution in [0, 0.1) is 22.5 Å². The summed E-state index contributed by atoms with van der Waals surface area (Å²) in [6.45, 7) is 0.577. The zero-order chi connectivity index (χ0) is 25.6. The van der Waals surface area contributed by atoms with Crippen molar-refractivity contribution in [2.45, 2.75) is 75.3 Å². The highest BCUT2D eigenvalue weighted by Crippen LogP contribution is 2.40. The number of nitriles is 1. The molecule has 6 rings (SSSR count). The van der Waals surface area contributed by atoms with Crippen molar-refractivity contribution >= 4 is 22.5 Å². The fourth-order valence-corrected chi connectivity index (χ4v) is 5.24. The minimum Gasteiger partial charge on any atom is -0.618 e. The molecule has 9 nitrogen and oxygen atoms in total. The Morgan fingerprint density at radius 3 is 2.73 bits per heavy atom. The summed E-state index contributed by atoms with van der Waals surface area (Å²) in [6, 6.07) is 11.0. The predicted molar refractivity (Wildman–Crippen MR) is 136 cm³/mol. The van der Waals surface area contributed by atoms with E-state index in [1.165, 1.54) is 0 Å². The van der Waals surface area contributed by atoms with E-state index in [2.05, 4.69) is 11.4 Å². The Morgan fingerprint density at radius 2 is 2.03 bits per heavy atom. The Morgan fingerprint density at radius 1 is 1.24 bits per heavy atom. The Hall–Kier alpha value is -3.64. The third-order valence-electron chi connectivity index (χ3n) is 7.91. The first-order valence-electron chi connectivity index (χ1n) is 13.2. The van der Waals surface area contributed by atoms with Gasteiger partial charge in [0, 0.05) is 35.7 Å². The molecule has 3 saturated carbocycles. The maximum atomic E-state index is 13.2. The van der Waals surface area contributed by atoms with Crippen molar-refractivity contribution in [3.63, 3.8) is 0 Å². The van der Waals surface area contributed by atoms with Crippen LogP contribution in [0.5, 0.6) is 5.75 Å². The van der Waals surface area contributed by atoms with Gasteiger partial charge in [0.1, 0.15) is 5.75 Å². The molecule has 0 spiro atoms. The molecule has 3 aliphatic rings. The van der Waals surface area contributed by atoms with Gasteiger partial charge in [0.05, 0.1) is 41.9 Å². The highest BCUT2D eigenvalue weighted by molar-refractivity contribution is 6.04. The van der Waals surface area contributed by atoms with Gasteiger partial charge >= 0.3 is 5.91 Å². The van der Waals surface area contributed by atoms with E-state index in [0.717, 1.165) is 54.2 Å². The lowest BCUT2D eigenvalue weighted by atomic mass is 9.80. The number of benzene rings is 1. The topological polar surface area (TPSA) is 127 Å². The number of aromatic nitrogens is 3.